The molecular weight excluding hydrogens is 486 g/mol. The zero-order chi connectivity index (χ0) is 25.9. The molecule has 2 atom stereocenters. The molecule has 0 saturated heterocycles. The van der Waals surface area contributed by atoms with Gasteiger partial charge in [-0.05, 0) is 48.7 Å². The van der Waals surface area contributed by atoms with E-state index in [1.165, 1.54) is 24.3 Å². The van der Waals surface area contributed by atoms with Gasteiger partial charge >= 0.3 is 6.36 Å². The molecule has 0 saturated carbocycles. The Hall–Kier alpha value is -3.34. The third kappa shape index (κ3) is 6.62. The summed E-state index contributed by atoms with van der Waals surface area (Å²) in [5.41, 5.74) is 7.08. The number of nitrogens with zero attached hydrogens (tertiary/aromatic N) is 1. The van der Waals surface area contributed by atoms with Crippen molar-refractivity contribution >= 4 is 29.2 Å². The number of alkyl halides is 3. The van der Waals surface area contributed by atoms with Crippen LogP contribution in [-0.2, 0) is 22.6 Å². The van der Waals surface area contributed by atoms with E-state index in [0.29, 0.717) is 11.3 Å². The fourth-order valence-electron chi connectivity index (χ4n) is 3.67. The van der Waals surface area contributed by atoms with Gasteiger partial charge in [0.2, 0.25) is 0 Å². The summed E-state index contributed by atoms with van der Waals surface area (Å²) in [5, 5.41) is 7.77. The van der Waals surface area contributed by atoms with Crippen molar-refractivity contribution in [3.05, 3.63) is 76.1 Å². The second-order valence-corrected chi connectivity index (χ2v) is 9.17. The number of Topliss-reactive ketones (excluding diaryl/α,β-unsaturated/α-hetero) is 1. The minimum absolute atomic E-state index is 0.192. The highest BCUT2D eigenvalue weighted by Gasteiger charge is 2.39. The molecule has 0 bridgehead atoms. The predicted octanol–water partition coefficient (Wildman–Crippen LogP) is 4.78. The van der Waals surface area contributed by atoms with E-state index in [1.54, 1.807) is 30.9 Å². The Labute approximate surface area is 203 Å². The summed E-state index contributed by atoms with van der Waals surface area (Å²) in [7, 11) is 0. The van der Waals surface area contributed by atoms with E-state index in [9.17, 15) is 27.2 Å². The van der Waals surface area contributed by atoms with Crippen molar-refractivity contribution < 1.29 is 31.9 Å². The van der Waals surface area contributed by atoms with Gasteiger partial charge in [-0.25, -0.2) is 4.39 Å². The molecule has 186 valence electrons. The molecule has 11 heteroatoms. The summed E-state index contributed by atoms with van der Waals surface area (Å²) in [6.45, 7) is 3.52. The number of nitrogens with one attached hydrogen (secondary N) is 1. The Kier molecular flexibility index (Phi) is 7.89. The van der Waals surface area contributed by atoms with Crippen molar-refractivity contribution in [1.29, 1.82) is 5.41 Å². The maximum atomic E-state index is 13.3. The van der Waals surface area contributed by atoms with Crippen LogP contribution in [0.15, 0.2) is 59.1 Å². The van der Waals surface area contributed by atoms with Gasteiger partial charge in [-0.1, -0.05) is 43.0 Å². The van der Waals surface area contributed by atoms with E-state index < -0.39 is 35.2 Å². The third-order valence-electron chi connectivity index (χ3n) is 5.42. The van der Waals surface area contributed by atoms with E-state index in [-0.39, 0.29) is 29.3 Å². The van der Waals surface area contributed by atoms with E-state index >= 15 is 0 Å². The fraction of sp³-hybridized carbons (Fsp3) is 0.292. The smallest absolute Gasteiger partial charge is 0.406 e. The first-order chi connectivity index (χ1) is 16.4. The number of carbonyl (C=O) groups is 2. The van der Waals surface area contributed by atoms with Gasteiger partial charge in [0, 0.05) is 18.2 Å². The zero-order valence-electron chi connectivity index (χ0n) is 18.9. The van der Waals surface area contributed by atoms with Crippen molar-refractivity contribution in [2.45, 2.75) is 38.5 Å². The van der Waals surface area contributed by atoms with Gasteiger partial charge in [0.15, 0.2) is 5.78 Å². The molecule has 1 aliphatic rings. The zero-order valence-corrected chi connectivity index (χ0v) is 19.7. The van der Waals surface area contributed by atoms with Crippen LogP contribution < -0.4 is 10.5 Å². The second-order valence-electron chi connectivity index (χ2n) is 8.08. The largest absolute Gasteiger partial charge is 0.573 e. The first-order valence-electron chi connectivity index (χ1n) is 10.5. The lowest BCUT2D eigenvalue weighted by atomic mass is 9.94. The number of primary amides is 1. The summed E-state index contributed by atoms with van der Waals surface area (Å²) >= 11 is 1.01. The van der Waals surface area contributed by atoms with Crippen LogP contribution in [0.5, 0.6) is 5.75 Å². The maximum Gasteiger partial charge on any atom is 0.573 e. The Balaban J connectivity index is 1.73. The molecule has 6 nitrogen and oxygen atoms in total. The summed E-state index contributed by atoms with van der Waals surface area (Å²) in [4.78, 5) is 26.9. The van der Waals surface area contributed by atoms with Gasteiger partial charge < -0.3 is 15.4 Å². The van der Waals surface area contributed by atoms with Crippen LogP contribution in [-0.4, -0.2) is 34.0 Å². The molecule has 2 aromatic carbocycles. The molecule has 2 unspecified atom stereocenters. The monoisotopic (exact) mass is 509 g/mol. The number of ketones is 1. The maximum absolute atomic E-state index is 13.3. The SMILES string of the molecule is CC1=C(C(N)=O)SC(C(=N)C(=O)C(C)Cc2ccc(OC(F)(F)F)cc2)N1Cc1ccc(F)cc1. The number of benzene rings is 2. The number of hydrogen-bond acceptors (Lipinski definition) is 6. The van der Waals surface area contributed by atoms with E-state index in [1.807, 2.05) is 0 Å². The number of amides is 1. The number of ether oxygens (including phenoxy) is 1. The number of nitrogens with two attached hydrogens (primary N) is 1. The summed E-state index contributed by atoms with van der Waals surface area (Å²) in [6.07, 6.45) is -4.60. The molecule has 0 spiro atoms. The Morgan fingerprint density at radius 2 is 1.69 bits per heavy atom. The standard InChI is InChI=1S/C24H23F4N3O3S/c1-13(11-15-5-9-18(10-6-15)34-24(26,27)28)20(32)19(29)23-31(14(2)21(35-23)22(30)33)12-16-3-7-17(25)8-4-16/h3-10,13,23,29H,11-12H2,1-2H3,(H2,30,33). The second kappa shape index (κ2) is 10.5. The first kappa shape index (κ1) is 26.3. The molecule has 35 heavy (non-hydrogen) atoms. The highest BCUT2D eigenvalue weighted by atomic mass is 32.2. The van der Waals surface area contributed by atoms with Crippen molar-refractivity contribution in [1.82, 2.24) is 4.90 Å². The Bertz CT molecular complexity index is 1150. The number of halogens is 4. The lowest BCUT2D eigenvalue weighted by molar-refractivity contribution is -0.274. The first-order valence-corrected chi connectivity index (χ1v) is 11.4. The molecule has 0 aromatic heterocycles. The van der Waals surface area contributed by atoms with Crippen molar-refractivity contribution in [3.63, 3.8) is 0 Å². The highest BCUT2D eigenvalue weighted by molar-refractivity contribution is 8.05. The number of allylic oxidation sites excluding steroid dienone is 1. The molecule has 1 heterocycles. The minimum Gasteiger partial charge on any atom is -0.406 e. The van der Waals surface area contributed by atoms with Gasteiger partial charge in [0.05, 0.1) is 4.91 Å². The van der Waals surface area contributed by atoms with Gasteiger partial charge in [0.25, 0.3) is 5.91 Å². The van der Waals surface area contributed by atoms with Gasteiger partial charge in [-0.3, -0.25) is 15.0 Å². The van der Waals surface area contributed by atoms with Crippen LogP contribution in [0.1, 0.15) is 25.0 Å². The molecule has 0 fully saturated rings. The highest BCUT2D eigenvalue weighted by Crippen LogP contribution is 2.40. The lowest BCUT2D eigenvalue weighted by Gasteiger charge is -2.28. The predicted molar refractivity (Wildman–Crippen MR) is 124 cm³/mol. The third-order valence-corrected chi connectivity index (χ3v) is 6.87. The number of carbonyl (C=O) groups excluding carboxylic acids is 2. The van der Waals surface area contributed by atoms with Crippen molar-refractivity contribution in [3.8, 4) is 5.75 Å². The molecule has 1 amide bonds. The van der Waals surface area contributed by atoms with Crippen LogP contribution in [0.4, 0.5) is 17.6 Å². The quantitative estimate of drug-likeness (QED) is 0.375. The molecular formula is C24H23F4N3O3S. The Morgan fingerprint density at radius 3 is 2.23 bits per heavy atom. The molecule has 3 N–H and O–H groups in total. The van der Waals surface area contributed by atoms with Crippen LogP contribution in [0, 0.1) is 17.1 Å². The summed E-state index contributed by atoms with van der Waals surface area (Å²) in [5.74, 6) is -2.56. The molecule has 0 radical (unpaired) electrons. The lowest BCUT2D eigenvalue weighted by Crippen LogP contribution is -2.39. The molecule has 0 aliphatic carbocycles. The fourth-order valence-corrected chi connectivity index (χ4v) is 4.89. The molecule has 2 aromatic rings. The van der Waals surface area contributed by atoms with Crippen molar-refractivity contribution in [2.75, 3.05) is 0 Å². The number of rotatable bonds is 9. The van der Waals surface area contributed by atoms with Gasteiger partial charge in [-0.2, -0.15) is 0 Å². The molecule has 3 rings (SSSR count). The average molecular weight is 510 g/mol. The normalized spacial score (nSPS) is 16.9. The minimum atomic E-state index is -4.80. The van der Waals surface area contributed by atoms with Gasteiger partial charge in [-0.15, -0.1) is 13.2 Å². The average Bonchev–Trinajstić information content (AvgIpc) is 3.11. The van der Waals surface area contributed by atoms with Crippen LogP contribution in [0.3, 0.4) is 0 Å². The van der Waals surface area contributed by atoms with Crippen LogP contribution >= 0.6 is 11.8 Å². The van der Waals surface area contributed by atoms with E-state index in [2.05, 4.69) is 4.74 Å². The summed E-state index contributed by atoms with van der Waals surface area (Å²) in [6, 6.07) is 10.9. The number of thioether (sulfide) groups is 1. The van der Waals surface area contributed by atoms with Crippen LogP contribution in [0.25, 0.3) is 0 Å². The Morgan fingerprint density at radius 1 is 1.11 bits per heavy atom. The summed E-state index contributed by atoms with van der Waals surface area (Å²) < 4.78 is 54.2. The van der Waals surface area contributed by atoms with Crippen molar-refractivity contribution in [2.24, 2.45) is 11.7 Å². The van der Waals surface area contributed by atoms with E-state index in [4.69, 9.17) is 11.1 Å². The molecule has 1 aliphatic heterocycles. The van der Waals surface area contributed by atoms with Gasteiger partial charge in [0.1, 0.15) is 22.7 Å². The van der Waals surface area contributed by atoms with E-state index in [0.717, 1.165) is 29.5 Å². The topological polar surface area (TPSA) is 96.5 Å². The van der Waals surface area contributed by atoms with Crippen LogP contribution in [0.2, 0.25) is 0 Å². The number of hydrogen-bond donors (Lipinski definition) is 2.